The molecule has 1 aliphatic rings. The normalized spacial score (nSPS) is 16.3. The number of rotatable bonds is 7. The lowest BCUT2D eigenvalue weighted by Gasteiger charge is -2.23. The van der Waals surface area contributed by atoms with Crippen LogP contribution >= 0.6 is 0 Å². The summed E-state index contributed by atoms with van der Waals surface area (Å²) in [6, 6.07) is 6.53. The molecule has 1 atom stereocenters. The summed E-state index contributed by atoms with van der Waals surface area (Å²) >= 11 is 0. The molecule has 1 N–H and O–H groups in total. The Kier molecular flexibility index (Phi) is 6.94. The Morgan fingerprint density at radius 1 is 1.36 bits per heavy atom. The second-order valence-corrected chi connectivity index (χ2v) is 5.97. The van der Waals surface area contributed by atoms with Gasteiger partial charge in [0.05, 0.1) is 18.8 Å². The number of carbonyl (C=O) groups excluding carboxylic acids is 3. The molecule has 136 valence electrons. The number of hydrogen-bond donors (Lipinski definition) is 1. The van der Waals surface area contributed by atoms with E-state index in [9.17, 15) is 14.4 Å². The molecule has 1 aromatic carbocycles. The highest BCUT2D eigenvalue weighted by molar-refractivity contribution is 5.94. The van der Waals surface area contributed by atoms with Crippen molar-refractivity contribution in [2.24, 2.45) is 0 Å². The van der Waals surface area contributed by atoms with Crippen molar-refractivity contribution in [3.8, 4) is 0 Å². The number of amides is 2. The van der Waals surface area contributed by atoms with Gasteiger partial charge in [0.2, 0.25) is 11.8 Å². The third-order valence-electron chi connectivity index (χ3n) is 4.07. The molecule has 1 heterocycles. The topological polar surface area (TPSA) is 84.9 Å². The lowest BCUT2D eigenvalue weighted by Crippen LogP contribution is -2.37. The van der Waals surface area contributed by atoms with E-state index in [-0.39, 0.29) is 24.3 Å². The highest BCUT2D eigenvalue weighted by Gasteiger charge is 2.21. The second-order valence-electron chi connectivity index (χ2n) is 5.97. The Balaban J connectivity index is 1.86. The van der Waals surface area contributed by atoms with Crippen molar-refractivity contribution in [1.29, 1.82) is 0 Å². The Morgan fingerprint density at radius 2 is 2.16 bits per heavy atom. The van der Waals surface area contributed by atoms with Gasteiger partial charge >= 0.3 is 5.97 Å². The summed E-state index contributed by atoms with van der Waals surface area (Å²) in [5, 5.41) is 2.73. The van der Waals surface area contributed by atoms with Crippen LogP contribution in [0.15, 0.2) is 24.3 Å². The molecule has 1 unspecified atom stereocenters. The van der Waals surface area contributed by atoms with E-state index < -0.39 is 5.97 Å². The van der Waals surface area contributed by atoms with Gasteiger partial charge in [0.25, 0.3) is 0 Å². The number of benzene rings is 1. The molecule has 1 saturated heterocycles. The number of anilines is 1. The van der Waals surface area contributed by atoms with Gasteiger partial charge in [-0.2, -0.15) is 0 Å². The highest BCUT2D eigenvalue weighted by atomic mass is 16.5. The fraction of sp³-hybridized carbons (Fsp3) is 0.500. The number of ether oxygens (including phenoxy) is 2. The first kappa shape index (κ1) is 18.9. The standard InChI is InChI=1S/C18H24N2O5/c1-13(21)20(12-16-7-4-10-25-16)9-8-17(22)19-15-6-3-5-14(11-15)18(23)24-2/h3,5-6,11,16H,4,7-10,12H2,1-2H3,(H,19,22). The summed E-state index contributed by atoms with van der Waals surface area (Å²) in [5.74, 6) is -0.757. The van der Waals surface area contributed by atoms with Crippen molar-refractivity contribution >= 4 is 23.5 Å². The maximum atomic E-state index is 12.1. The van der Waals surface area contributed by atoms with Gasteiger partial charge in [0.1, 0.15) is 0 Å². The van der Waals surface area contributed by atoms with Gasteiger partial charge in [-0.15, -0.1) is 0 Å². The van der Waals surface area contributed by atoms with E-state index in [1.54, 1.807) is 29.2 Å². The number of nitrogens with one attached hydrogen (secondary N) is 1. The number of nitrogens with zero attached hydrogens (tertiary/aromatic N) is 1. The maximum absolute atomic E-state index is 12.1. The summed E-state index contributed by atoms with van der Waals surface area (Å²) in [6.45, 7) is 3.07. The fourth-order valence-corrected chi connectivity index (χ4v) is 2.71. The lowest BCUT2D eigenvalue weighted by molar-refractivity contribution is -0.130. The van der Waals surface area contributed by atoms with Crippen molar-refractivity contribution in [2.75, 3.05) is 32.1 Å². The van der Waals surface area contributed by atoms with Crippen LogP contribution in [-0.2, 0) is 19.1 Å². The molecule has 1 fully saturated rings. The molecule has 1 aromatic rings. The first-order valence-electron chi connectivity index (χ1n) is 8.35. The summed E-state index contributed by atoms with van der Waals surface area (Å²) in [5.41, 5.74) is 0.880. The molecule has 7 heteroatoms. The maximum Gasteiger partial charge on any atom is 0.337 e. The lowest BCUT2D eigenvalue weighted by atomic mass is 10.2. The predicted molar refractivity (Wildman–Crippen MR) is 92.3 cm³/mol. The summed E-state index contributed by atoms with van der Waals surface area (Å²) in [6.07, 6.45) is 2.18. The van der Waals surface area contributed by atoms with Crippen LogP contribution in [0.3, 0.4) is 0 Å². The Morgan fingerprint density at radius 3 is 2.80 bits per heavy atom. The number of methoxy groups -OCH3 is 1. The quantitative estimate of drug-likeness (QED) is 0.760. The van der Waals surface area contributed by atoms with Gasteiger partial charge in [-0.1, -0.05) is 6.07 Å². The summed E-state index contributed by atoms with van der Waals surface area (Å²) in [4.78, 5) is 37.0. The zero-order valence-electron chi connectivity index (χ0n) is 14.6. The van der Waals surface area contributed by atoms with Gasteiger partial charge < -0.3 is 19.7 Å². The molecular formula is C18H24N2O5. The minimum atomic E-state index is -0.463. The smallest absolute Gasteiger partial charge is 0.337 e. The molecule has 2 rings (SSSR count). The first-order valence-corrected chi connectivity index (χ1v) is 8.35. The van der Waals surface area contributed by atoms with Gasteiger partial charge in [-0.25, -0.2) is 4.79 Å². The molecule has 0 spiro atoms. The average Bonchev–Trinajstić information content (AvgIpc) is 3.11. The summed E-state index contributed by atoms with van der Waals surface area (Å²) in [7, 11) is 1.30. The van der Waals surface area contributed by atoms with E-state index in [1.165, 1.54) is 14.0 Å². The third-order valence-corrected chi connectivity index (χ3v) is 4.07. The fourth-order valence-electron chi connectivity index (χ4n) is 2.71. The Hall–Kier alpha value is -2.41. The molecule has 0 saturated carbocycles. The number of carbonyl (C=O) groups is 3. The zero-order chi connectivity index (χ0) is 18.2. The van der Waals surface area contributed by atoms with Gasteiger partial charge in [0.15, 0.2) is 0 Å². The van der Waals surface area contributed by atoms with Crippen molar-refractivity contribution in [3.05, 3.63) is 29.8 Å². The number of hydrogen-bond acceptors (Lipinski definition) is 5. The van der Waals surface area contributed by atoms with Crippen LogP contribution in [0.5, 0.6) is 0 Å². The van der Waals surface area contributed by atoms with Gasteiger partial charge in [-0.05, 0) is 31.0 Å². The minimum Gasteiger partial charge on any atom is -0.465 e. The summed E-state index contributed by atoms with van der Waals surface area (Å²) < 4.78 is 10.2. The van der Waals surface area contributed by atoms with E-state index in [4.69, 9.17) is 4.74 Å². The largest absolute Gasteiger partial charge is 0.465 e. The number of esters is 1. The molecule has 2 amide bonds. The first-order chi connectivity index (χ1) is 12.0. The van der Waals surface area contributed by atoms with Crippen LogP contribution in [0.25, 0.3) is 0 Å². The van der Waals surface area contributed by atoms with E-state index in [0.717, 1.165) is 19.4 Å². The minimum absolute atomic E-state index is 0.0590. The van der Waals surface area contributed by atoms with E-state index in [0.29, 0.717) is 24.3 Å². The van der Waals surface area contributed by atoms with Crippen molar-refractivity contribution in [3.63, 3.8) is 0 Å². The van der Waals surface area contributed by atoms with Crippen molar-refractivity contribution in [2.45, 2.75) is 32.3 Å². The van der Waals surface area contributed by atoms with E-state index >= 15 is 0 Å². The van der Waals surface area contributed by atoms with Crippen LogP contribution in [-0.4, -0.2) is 55.6 Å². The van der Waals surface area contributed by atoms with Crippen molar-refractivity contribution < 1.29 is 23.9 Å². The predicted octanol–water partition coefficient (Wildman–Crippen LogP) is 1.83. The zero-order valence-corrected chi connectivity index (χ0v) is 14.6. The van der Waals surface area contributed by atoms with Gasteiger partial charge in [-0.3, -0.25) is 9.59 Å². The molecule has 0 aromatic heterocycles. The van der Waals surface area contributed by atoms with Crippen LogP contribution in [0, 0.1) is 0 Å². The monoisotopic (exact) mass is 348 g/mol. The Bertz CT molecular complexity index is 626. The van der Waals surface area contributed by atoms with Crippen LogP contribution < -0.4 is 5.32 Å². The van der Waals surface area contributed by atoms with Gasteiger partial charge in [0, 0.05) is 38.7 Å². The molecule has 1 aliphatic heterocycles. The SMILES string of the molecule is COC(=O)c1cccc(NC(=O)CCN(CC2CCCO2)C(C)=O)c1. The van der Waals surface area contributed by atoms with E-state index in [1.807, 2.05) is 0 Å². The van der Waals surface area contributed by atoms with Crippen LogP contribution in [0.1, 0.15) is 36.5 Å². The second kappa shape index (κ2) is 9.17. The third kappa shape index (κ3) is 5.86. The highest BCUT2D eigenvalue weighted by Crippen LogP contribution is 2.14. The molecule has 0 radical (unpaired) electrons. The van der Waals surface area contributed by atoms with Crippen molar-refractivity contribution in [1.82, 2.24) is 4.90 Å². The molecule has 25 heavy (non-hydrogen) atoms. The van der Waals surface area contributed by atoms with Crippen LogP contribution in [0.4, 0.5) is 5.69 Å². The average molecular weight is 348 g/mol. The van der Waals surface area contributed by atoms with Crippen LogP contribution in [0.2, 0.25) is 0 Å². The molecule has 0 aliphatic carbocycles. The molecular weight excluding hydrogens is 324 g/mol. The molecule has 0 bridgehead atoms. The van der Waals surface area contributed by atoms with E-state index in [2.05, 4.69) is 10.1 Å². The Labute approximate surface area is 147 Å². The molecule has 7 nitrogen and oxygen atoms in total.